The minimum atomic E-state index is -6.48. The van der Waals surface area contributed by atoms with Gasteiger partial charge in [0.1, 0.15) is 5.60 Å². The maximum Gasteiger partial charge on any atom is 0.459 e. The van der Waals surface area contributed by atoms with Gasteiger partial charge < -0.3 is 5.11 Å². The third kappa shape index (κ3) is 2.52. The summed E-state index contributed by atoms with van der Waals surface area (Å²) in [6, 6.07) is 0. The summed E-state index contributed by atoms with van der Waals surface area (Å²) in [6.45, 7) is 5.86. The van der Waals surface area contributed by atoms with Crippen LogP contribution in [0.2, 0.25) is 0 Å². The van der Waals surface area contributed by atoms with Crippen LogP contribution in [-0.4, -0.2) is 28.7 Å². The molecule has 0 rings (SSSR count). The lowest BCUT2D eigenvalue weighted by atomic mass is 9.84. The smallest absolute Gasteiger partial charge is 0.383 e. The fraction of sp³-hybridized carbons (Fsp3) is 0.600. The van der Waals surface area contributed by atoms with Crippen LogP contribution in [0.25, 0.3) is 0 Å². The zero-order valence-corrected chi connectivity index (χ0v) is 9.08. The van der Waals surface area contributed by atoms with Gasteiger partial charge >= 0.3 is 18.0 Å². The van der Waals surface area contributed by atoms with E-state index in [0.29, 0.717) is 12.2 Å². The third-order valence-electron chi connectivity index (χ3n) is 2.30. The normalized spacial score (nSPS) is 14.4. The summed E-state index contributed by atoms with van der Waals surface area (Å²) in [5.41, 5.74) is -3.60. The standard InChI is InChI=1S/C10H11F7O/c1-3-5-7(18,6-4-2)8(11,12)9(13,14)10(15,16)17/h3-4,18H,1-2,5-6H2. The van der Waals surface area contributed by atoms with Crippen molar-refractivity contribution in [2.24, 2.45) is 0 Å². The molecule has 0 spiro atoms. The molecule has 0 saturated carbocycles. The van der Waals surface area contributed by atoms with Gasteiger partial charge in [-0.3, -0.25) is 0 Å². The highest BCUT2D eigenvalue weighted by Gasteiger charge is 2.78. The Bertz CT molecular complexity index is 309. The van der Waals surface area contributed by atoms with Gasteiger partial charge in [-0.15, -0.1) is 13.2 Å². The van der Waals surface area contributed by atoms with Gasteiger partial charge in [0.25, 0.3) is 0 Å². The topological polar surface area (TPSA) is 20.2 Å². The highest BCUT2D eigenvalue weighted by molar-refractivity contribution is 5.09. The lowest BCUT2D eigenvalue weighted by Crippen LogP contribution is -2.63. The van der Waals surface area contributed by atoms with Gasteiger partial charge in [-0.2, -0.15) is 30.7 Å². The van der Waals surface area contributed by atoms with Crippen LogP contribution in [0.15, 0.2) is 25.3 Å². The van der Waals surface area contributed by atoms with Gasteiger partial charge in [-0.25, -0.2) is 0 Å². The SMILES string of the molecule is C=CCC(O)(CC=C)C(F)(F)C(F)(F)C(F)(F)F. The van der Waals surface area contributed by atoms with E-state index in [0.717, 1.165) is 0 Å². The minimum absolute atomic E-state index is 0.629. The molecule has 0 heterocycles. The molecule has 0 atom stereocenters. The predicted molar refractivity (Wildman–Crippen MR) is 50.5 cm³/mol. The molecule has 0 saturated heterocycles. The van der Waals surface area contributed by atoms with E-state index in [-0.39, 0.29) is 0 Å². The summed E-state index contributed by atoms with van der Waals surface area (Å²) in [7, 11) is 0. The van der Waals surface area contributed by atoms with Gasteiger partial charge in [-0.05, 0) is 0 Å². The van der Waals surface area contributed by atoms with Crippen molar-refractivity contribution in [2.45, 2.75) is 36.5 Å². The first kappa shape index (κ1) is 16.9. The molecule has 0 aromatic rings. The quantitative estimate of drug-likeness (QED) is 0.581. The van der Waals surface area contributed by atoms with E-state index in [9.17, 15) is 35.8 Å². The van der Waals surface area contributed by atoms with Gasteiger partial charge in [0.15, 0.2) is 0 Å². The van der Waals surface area contributed by atoms with E-state index >= 15 is 0 Å². The molecule has 8 heteroatoms. The van der Waals surface area contributed by atoms with Crippen molar-refractivity contribution in [3.05, 3.63) is 25.3 Å². The van der Waals surface area contributed by atoms with E-state index in [1.165, 1.54) is 0 Å². The van der Waals surface area contributed by atoms with Crippen molar-refractivity contribution in [3.8, 4) is 0 Å². The first-order chi connectivity index (χ1) is 7.87. The molecule has 0 aliphatic carbocycles. The van der Waals surface area contributed by atoms with Gasteiger partial charge in [0, 0.05) is 12.8 Å². The summed E-state index contributed by atoms with van der Waals surface area (Å²) in [5.74, 6) is -12.1. The van der Waals surface area contributed by atoms with Gasteiger partial charge in [0.2, 0.25) is 0 Å². The Labute approximate surface area is 98.6 Å². The van der Waals surface area contributed by atoms with Crippen molar-refractivity contribution >= 4 is 0 Å². The first-order valence-electron chi connectivity index (χ1n) is 4.64. The Balaban J connectivity index is 5.69. The van der Waals surface area contributed by atoms with Crippen molar-refractivity contribution in [2.75, 3.05) is 0 Å². The molecule has 1 N–H and O–H groups in total. The molecule has 0 aromatic carbocycles. The molecule has 0 aromatic heterocycles. The average Bonchev–Trinajstić information content (AvgIpc) is 2.16. The molecule has 0 aliphatic heterocycles. The fourth-order valence-electron chi connectivity index (χ4n) is 1.29. The predicted octanol–water partition coefficient (Wildman–Crippen LogP) is 3.70. The maximum atomic E-state index is 13.3. The van der Waals surface area contributed by atoms with Crippen LogP contribution in [0, 0.1) is 0 Å². The van der Waals surface area contributed by atoms with E-state index in [1.54, 1.807) is 0 Å². The van der Waals surface area contributed by atoms with Crippen molar-refractivity contribution < 1.29 is 35.8 Å². The monoisotopic (exact) mass is 280 g/mol. The Hall–Kier alpha value is -1.05. The second kappa shape index (κ2) is 4.91. The molecule has 0 fully saturated rings. The van der Waals surface area contributed by atoms with Crippen LogP contribution in [-0.2, 0) is 0 Å². The molecule has 1 nitrogen and oxygen atoms in total. The van der Waals surface area contributed by atoms with Crippen LogP contribution in [0.3, 0.4) is 0 Å². The Kier molecular flexibility index (Phi) is 4.62. The van der Waals surface area contributed by atoms with E-state index in [4.69, 9.17) is 0 Å². The molecule has 18 heavy (non-hydrogen) atoms. The van der Waals surface area contributed by atoms with Crippen LogP contribution in [0.5, 0.6) is 0 Å². The molecule has 0 radical (unpaired) electrons. The molecule has 106 valence electrons. The summed E-state index contributed by atoms with van der Waals surface area (Å²) >= 11 is 0. The average molecular weight is 280 g/mol. The largest absolute Gasteiger partial charge is 0.459 e. The second-order valence-corrected chi connectivity index (χ2v) is 3.66. The van der Waals surface area contributed by atoms with Crippen molar-refractivity contribution in [3.63, 3.8) is 0 Å². The lowest BCUT2D eigenvalue weighted by molar-refractivity contribution is -0.387. The van der Waals surface area contributed by atoms with Gasteiger partial charge in [-0.1, -0.05) is 12.2 Å². The zero-order chi connectivity index (χ0) is 14.8. The highest BCUT2D eigenvalue weighted by Crippen LogP contribution is 2.53. The van der Waals surface area contributed by atoms with Crippen LogP contribution >= 0.6 is 0 Å². The van der Waals surface area contributed by atoms with Crippen LogP contribution in [0.1, 0.15) is 12.8 Å². The second-order valence-electron chi connectivity index (χ2n) is 3.66. The number of aliphatic hydroxyl groups is 1. The number of halogens is 7. The number of rotatable bonds is 6. The fourth-order valence-corrected chi connectivity index (χ4v) is 1.29. The molecular weight excluding hydrogens is 269 g/mol. The first-order valence-corrected chi connectivity index (χ1v) is 4.64. The van der Waals surface area contributed by atoms with Crippen molar-refractivity contribution in [1.82, 2.24) is 0 Å². The number of alkyl halides is 7. The summed E-state index contributed by atoms with van der Waals surface area (Å²) < 4.78 is 87.9. The van der Waals surface area contributed by atoms with Crippen molar-refractivity contribution in [1.29, 1.82) is 0 Å². The zero-order valence-electron chi connectivity index (χ0n) is 9.08. The maximum absolute atomic E-state index is 13.3. The summed E-state index contributed by atoms with van der Waals surface area (Å²) in [6.07, 6.45) is -7.50. The van der Waals surface area contributed by atoms with Gasteiger partial charge in [0.05, 0.1) is 0 Å². The Morgan fingerprint density at radius 2 is 1.11 bits per heavy atom. The molecular formula is C10H11F7O. The summed E-state index contributed by atoms with van der Waals surface area (Å²) in [4.78, 5) is 0. The number of hydrogen-bond donors (Lipinski definition) is 1. The highest BCUT2D eigenvalue weighted by atomic mass is 19.4. The molecule has 0 bridgehead atoms. The Morgan fingerprint density at radius 3 is 1.33 bits per heavy atom. The number of hydrogen-bond acceptors (Lipinski definition) is 1. The van der Waals surface area contributed by atoms with Crippen LogP contribution < -0.4 is 0 Å². The van der Waals surface area contributed by atoms with Crippen LogP contribution in [0.4, 0.5) is 30.7 Å². The molecule has 0 aliphatic rings. The third-order valence-corrected chi connectivity index (χ3v) is 2.30. The summed E-state index contributed by atoms with van der Waals surface area (Å²) in [5, 5.41) is 9.37. The lowest BCUT2D eigenvalue weighted by Gasteiger charge is -2.39. The van der Waals surface area contributed by atoms with E-state index < -0.39 is 36.5 Å². The molecule has 0 amide bonds. The van der Waals surface area contributed by atoms with E-state index in [2.05, 4.69) is 13.2 Å². The molecule has 0 unspecified atom stereocenters. The minimum Gasteiger partial charge on any atom is -0.383 e. The van der Waals surface area contributed by atoms with E-state index in [1.807, 2.05) is 0 Å². The Morgan fingerprint density at radius 1 is 0.778 bits per heavy atom.